The summed E-state index contributed by atoms with van der Waals surface area (Å²) in [6.45, 7) is 10.0. The number of amides is 2. The number of carboxylic acids is 1. The second-order valence-corrected chi connectivity index (χ2v) is 7.66. The van der Waals surface area contributed by atoms with Gasteiger partial charge in [-0.15, -0.1) is 0 Å². The third-order valence-corrected chi connectivity index (χ3v) is 5.56. The van der Waals surface area contributed by atoms with E-state index in [1.54, 1.807) is 6.07 Å². The molecule has 0 unspecified atom stereocenters. The van der Waals surface area contributed by atoms with Crippen LogP contribution in [0.25, 0.3) is 11.1 Å². The largest absolute Gasteiger partial charge is 0.477 e. The van der Waals surface area contributed by atoms with Crippen molar-refractivity contribution in [3.05, 3.63) is 41.6 Å². The highest BCUT2D eigenvalue weighted by Gasteiger charge is 2.20. The highest BCUT2D eigenvalue weighted by atomic mass is 16.5. The number of rotatable bonds is 4. The van der Waals surface area contributed by atoms with Crippen LogP contribution in [0.15, 0.2) is 30.3 Å². The van der Waals surface area contributed by atoms with Crippen molar-refractivity contribution in [2.75, 3.05) is 49.6 Å². The van der Waals surface area contributed by atoms with Gasteiger partial charge >= 0.3 is 12.0 Å². The van der Waals surface area contributed by atoms with Crippen molar-refractivity contribution >= 4 is 23.5 Å². The number of urea groups is 1. The molecule has 2 aliphatic heterocycles. The maximum atomic E-state index is 12.5. The number of morpholine rings is 1. The first-order valence-corrected chi connectivity index (χ1v) is 11.3. The van der Waals surface area contributed by atoms with E-state index >= 15 is 0 Å². The average Bonchev–Trinajstić information content (AvgIpc) is 3.37. The van der Waals surface area contributed by atoms with Gasteiger partial charge in [0.1, 0.15) is 5.82 Å². The first-order valence-electron chi connectivity index (χ1n) is 11.3. The van der Waals surface area contributed by atoms with Crippen LogP contribution in [0.4, 0.5) is 16.3 Å². The van der Waals surface area contributed by atoms with E-state index in [0.29, 0.717) is 37.8 Å². The predicted octanol–water partition coefficient (Wildman–Crippen LogP) is 4.25. The van der Waals surface area contributed by atoms with E-state index in [4.69, 9.17) is 4.74 Å². The summed E-state index contributed by atoms with van der Waals surface area (Å²) in [7, 11) is 0. The minimum absolute atomic E-state index is 0.0000952. The number of hydrogen-bond donors (Lipinski definition) is 2. The lowest BCUT2D eigenvalue weighted by Gasteiger charge is -2.28. The average molecular weight is 441 g/mol. The molecule has 2 aromatic rings. The Morgan fingerprint density at radius 1 is 1.03 bits per heavy atom. The monoisotopic (exact) mass is 440 g/mol. The fourth-order valence-electron chi connectivity index (χ4n) is 3.87. The molecule has 172 valence electrons. The molecule has 3 heterocycles. The number of carbonyl (C=O) groups excluding carboxylic acids is 1. The van der Waals surface area contributed by atoms with E-state index in [0.717, 1.165) is 42.6 Å². The maximum absolute atomic E-state index is 12.5. The molecular formula is C24H32N4O4. The molecule has 1 aromatic heterocycles. The number of likely N-dealkylation sites (tertiary alicyclic amines) is 1. The van der Waals surface area contributed by atoms with Crippen LogP contribution in [0.1, 0.15) is 42.7 Å². The van der Waals surface area contributed by atoms with Gasteiger partial charge in [0.25, 0.3) is 0 Å². The normalized spacial score (nSPS) is 15.7. The fraction of sp³-hybridized carbons (Fsp3) is 0.458. The van der Waals surface area contributed by atoms with Gasteiger partial charge in [0.15, 0.2) is 5.69 Å². The number of aromatic nitrogens is 1. The Bertz CT molecular complexity index is 951. The van der Waals surface area contributed by atoms with Gasteiger partial charge in [-0.3, -0.25) is 0 Å². The quantitative estimate of drug-likeness (QED) is 0.738. The fourth-order valence-corrected chi connectivity index (χ4v) is 3.87. The summed E-state index contributed by atoms with van der Waals surface area (Å²) >= 11 is 0. The van der Waals surface area contributed by atoms with Crippen LogP contribution in [0.5, 0.6) is 0 Å². The molecule has 0 bridgehead atoms. The summed E-state index contributed by atoms with van der Waals surface area (Å²) in [6, 6.07) is 9.09. The topological polar surface area (TPSA) is 95.0 Å². The SMILES string of the molecule is CC.Cc1ccc(NC(=O)N2CCCC2)cc1-c1cc(C(=O)O)nc(N2CCOCC2)c1. The molecule has 0 aliphatic carbocycles. The van der Waals surface area contributed by atoms with Gasteiger partial charge in [0, 0.05) is 31.9 Å². The molecule has 2 saturated heterocycles. The number of anilines is 2. The number of carboxylic acid groups (broad SMARTS) is 1. The van der Waals surface area contributed by atoms with E-state index in [-0.39, 0.29) is 11.7 Å². The third-order valence-electron chi connectivity index (χ3n) is 5.56. The summed E-state index contributed by atoms with van der Waals surface area (Å²) in [6.07, 6.45) is 2.07. The van der Waals surface area contributed by atoms with Crippen molar-refractivity contribution in [1.29, 1.82) is 0 Å². The van der Waals surface area contributed by atoms with Crippen molar-refractivity contribution in [3.63, 3.8) is 0 Å². The number of nitrogens with zero attached hydrogens (tertiary/aromatic N) is 3. The number of carbonyl (C=O) groups is 2. The number of nitrogens with one attached hydrogen (secondary N) is 1. The zero-order chi connectivity index (χ0) is 23.1. The van der Waals surface area contributed by atoms with Gasteiger partial charge in [-0.05, 0) is 60.7 Å². The molecule has 0 saturated carbocycles. The second-order valence-electron chi connectivity index (χ2n) is 7.66. The Labute approximate surface area is 189 Å². The van der Waals surface area contributed by atoms with Crippen molar-refractivity contribution < 1.29 is 19.4 Å². The Hall–Kier alpha value is -3.13. The molecule has 8 nitrogen and oxygen atoms in total. The Kier molecular flexibility index (Phi) is 8.05. The number of pyridine rings is 1. The molecule has 2 aliphatic rings. The zero-order valence-corrected chi connectivity index (χ0v) is 19.1. The van der Waals surface area contributed by atoms with Crippen LogP contribution in [-0.4, -0.2) is 66.4 Å². The highest BCUT2D eigenvalue weighted by Crippen LogP contribution is 2.30. The summed E-state index contributed by atoms with van der Waals surface area (Å²) in [4.78, 5) is 32.3. The number of aryl methyl sites for hydroxylation is 1. The van der Waals surface area contributed by atoms with E-state index < -0.39 is 5.97 Å². The van der Waals surface area contributed by atoms with Crippen LogP contribution in [0.3, 0.4) is 0 Å². The van der Waals surface area contributed by atoms with Crippen molar-refractivity contribution in [3.8, 4) is 11.1 Å². The third kappa shape index (κ3) is 5.56. The van der Waals surface area contributed by atoms with Crippen molar-refractivity contribution in [2.45, 2.75) is 33.6 Å². The number of aromatic carboxylic acids is 1. The Balaban J connectivity index is 0.00000141. The summed E-state index contributed by atoms with van der Waals surface area (Å²) in [5, 5.41) is 12.5. The molecule has 4 rings (SSSR count). The lowest BCUT2D eigenvalue weighted by atomic mass is 9.99. The maximum Gasteiger partial charge on any atom is 0.354 e. The van der Waals surface area contributed by atoms with Crippen molar-refractivity contribution in [1.82, 2.24) is 9.88 Å². The molecule has 0 radical (unpaired) electrons. The molecule has 0 spiro atoms. The van der Waals surface area contributed by atoms with Crippen LogP contribution >= 0.6 is 0 Å². The van der Waals surface area contributed by atoms with E-state index in [1.807, 2.05) is 54.8 Å². The van der Waals surface area contributed by atoms with Crippen LogP contribution in [0.2, 0.25) is 0 Å². The van der Waals surface area contributed by atoms with E-state index in [9.17, 15) is 14.7 Å². The lowest BCUT2D eigenvalue weighted by Crippen LogP contribution is -2.37. The molecule has 1 aromatic carbocycles. The second kappa shape index (κ2) is 10.9. The van der Waals surface area contributed by atoms with Gasteiger partial charge < -0.3 is 25.0 Å². The molecule has 2 amide bonds. The molecule has 8 heteroatoms. The Morgan fingerprint density at radius 2 is 1.72 bits per heavy atom. The van der Waals surface area contributed by atoms with E-state index in [1.165, 1.54) is 0 Å². The molecular weight excluding hydrogens is 408 g/mol. The summed E-state index contributed by atoms with van der Waals surface area (Å²) in [5.41, 5.74) is 3.31. The molecule has 32 heavy (non-hydrogen) atoms. The minimum atomic E-state index is -1.07. The smallest absolute Gasteiger partial charge is 0.354 e. The first kappa shape index (κ1) is 23.5. The van der Waals surface area contributed by atoms with Crippen LogP contribution < -0.4 is 10.2 Å². The van der Waals surface area contributed by atoms with Gasteiger partial charge in [-0.1, -0.05) is 19.9 Å². The summed E-state index contributed by atoms with van der Waals surface area (Å²) < 4.78 is 5.40. The van der Waals surface area contributed by atoms with E-state index in [2.05, 4.69) is 10.3 Å². The summed E-state index contributed by atoms with van der Waals surface area (Å²) in [5.74, 6) is -0.443. The lowest BCUT2D eigenvalue weighted by molar-refractivity contribution is 0.0690. The number of ether oxygens (including phenoxy) is 1. The molecule has 2 fully saturated rings. The predicted molar refractivity (Wildman–Crippen MR) is 126 cm³/mol. The molecule has 0 atom stereocenters. The van der Waals surface area contributed by atoms with Gasteiger partial charge in [-0.2, -0.15) is 0 Å². The van der Waals surface area contributed by atoms with Crippen molar-refractivity contribution in [2.24, 2.45) is 0 Å². The number of benzene rings is 1. The highest BCUT2D eigenvalue weighted by molar-refractivity contribution is 5.92. The minimum Gasteiger partial charge on any atom is -0.477 e. The van der Waals surface area contributed by atoms with Crippen LogP contribution in [0, 0.1) is 6.92 Å². The first-order chi connectivity index (χ1) is 15.5. The van der Waals surface area contributed by atoms with Gasteiger partial charge in [0.05, 0.1) is 13.2 Å². The van der Waals surface area contributed by atoms with Gasteiger partial charge in [0.2, 0.25) is 0 Å². The van der Waals surface area contributed by atoms with Gasteiger partial charge in [-0.25, -0.2) is 14.6 Å². The zero-order valence-electron chi connectivity index (χ0n) is 19.1. The van der Waals surface area contributed by atoms with Crippen LogP contribution in [-0.2, 0) is 4.74 Å². The number of hydrogen-bond acceptors (Lipinski definition) is 5. The standard InChI is InChI=1S/C22H26N4O4.C2H6/c1-15-4-5-17(23-22(29)26-6-2-3-7-26)14-18(15)16-12-19(21(27)28)24-20(13-16)25-8-10-30-11-9-25;1-2/h4-5,12-14H,2-3,6-11H2,1H3,(H,23,29)(H,27,28);1-2H3. The Morgan fingerprint density at radius 3 is 2.38 bits per heavy atom. The molecule has 2 N–H and O–H groups in total.